The first kappa shape index (κ1) is 14.8. The van der Waals surface area contributed by atoms with Gasteiger partial charge in [-0.1, -0.05) is 12.1 Å². The third-order valence-electron chi connectivity index (χ3n) is 3.06. The van der Waals surface area contributed by atoms with Gasteiger partial charge in [-0.25, -0.2) is 4.39 Å². The van der Waals surface area contributed by atoms with E-state index >= 15 is 0 Å². The molecule has 0 fully saturated rings. The normalized spacial score (nSPS) is 11.9. The lowest BCUT2D eigenvalue weighted by Crippen LogP contribution is -2.29. The smallest absolute Gasteiger partial charge is 0.323 e. The van der Waals surface area contributed by atoms with Gasteiger partial charge in [0, 0.05) is 6.20 Å². The van der Waals surface area contributed by atoms with Gasteiger partial charge in [-0.05, 0) is 36.8 Å². The van der Waals surface area contributed by atoms with E-state index in [0.717, 1.165) is 0 Å². The molecule has 2 N–H and O–H groups in total. The van der Waals surface area contributed by atoms with E-state index in [-0.39, 0.29) is 24.1 Å². The number of carbonyl (C=O) groups excluding carboxylic acids is 1. The zero-order valence-electron chi connectivity index (χ0n) is 11.4. The molecular formula is C15H15FN2O3. The fraction of sp³-hybridized carbons (Fsp3) is 0.200. The molecule has 0 radical (unpaired) electrons. The van der Waals surface area contributed by atoms with Gasteiger partial charge in [-0.3, -0.25) is 9.59 Å². The third kappa shape index (κ3) is 3.68. The van der Waals surface area contributed by atoms with E-state index < -0.39 is 11.9 Å². The van der Waals surface area contributed by atoms with E-state index in [1.165, 1.54) is 29.0 Å². The van der Waals surface area contributed by atoms with Crippen molar-refractivity contribution in [2.24, 2.45) is 0 Å². The van der Waals surface area contributed by atoms with Crippen molar-refractivity contribution in [3.05, 3.63) is 59.7 Å². The van der Waals surface area contributed by atoms with Gasteiger partial charge in [-0.15, -0.1) is 0 Å². The minimum atomic E-state index is -1.03. The van der Waals surface area contributed by atoms with Crippen molar-refractivity contribution >= 4 is 11.9 Å². The summed E-state index contributed by atoms with van der Waals surface area (Å²) < 4.78 is 14.5. The number of hydrogen-bond acceptors (Lipinski definition) is 2. The molecule has 21 heavy (non-hydrogen) atoms. The number of carboxylic acids is 1. The molecule has 0 saturated carbocycles. The van der Waals surface area contributed by atoms with Gasteiger partial charge in [0.25, 0.3) is 5.91 Å². The van der Waals surface area contributed by atoms with E-state index in [2.05, 4.69) is 5.32 Å². The van der Waals surface area contributed by atoms with Crippen molar-refractivity contribution in [1.82, 2.24) is 9.88 Å². The van der Waals surface area contributed by atoms with Crippen LogP contribution in [0.15, 0.2) is 42.6 Å². The number of nitrogens with one attached hydrogen (secondary N) is 1. The summed E-state index contributed by atoms with van der Waals surface area (Å²) in [4.78, 5) is 22.9. The average Bonchev–Trinajstić information content (AvgIpc) is 2.86. The number of aromatic nitrogens is 1. The topological polar surface area (TPSA) is 71.3 Å². The number of benzene rings is 1. The minimum Gasteiger partial charge on any atom is -0.480 e. The second kappa shape index (κ2) is 6.21. The van der Waals surface area contributed by atoms with Gasteiger partial charge in [0.15, 0.2) is 0 Å². The molecule has 0 aliphatic rings. The second-order valence-corrected chi connectivity index (χ2v) is 4.67. The Balaban J connectivity index is 2.11. The van der Waals surface area contributed by atoms with Crippen LogP contribution in [0.2, 0.25) is 0 Å². The van der Waals surface area contributed by atoms with Crippen LogP contribution in [0.1, 0.15) is 29.0 Å². The summed E-state index contributed by atoms with van der Waals surface area (Å²) in [6.07, 6.45) is 1.52. The number of carboxylic acid groups (broad SMARTS) is 1. The molecule has 110 valence electrons. The standard InChI is InChI=1S/C15H15FN2O3/c1-10(11-4-2-5-12(16)8-11)17-15(21)13-6-3-7-18(13)9-14(19)20/h2-8,10H,9H2,1H3,(H,17,21)(H,19,20). The molecule has 0 saturated heterocycles. The Morgan fingerprint density at radius 2 is 2.10 bits per heavy atom. The first-order chi connectivity index (χ1) is 9.97. The highest BCUT2D eigenvalue weighted by atomic mass is 19.1. The largest absolute Gasteiger partial charge is 0.480 e. The first-order valence-electron chi connectivity index (χ1n) is 6.40. The lowest BCUT2D eigenvalue weighted by Gasteiger charge is -2.15. The van der Waals surface area contributed by atoms with Gasteiger partial charge < -0.3 is 15.0 Å². The zero-order chi connectivity index (χ0) is 15.4. The number of rotatable bonds is 5. The van der Waals surface area contributed by atoms with Crippen LogP contribution in [0.3, 0.4) is 0 Å². The van der Waals surface area contributed by atoms with Crippen LogP contribution in [0.25, 0.3) is 0 Å². The summed E-state index contributed by atoms with van der Waals surface area (Å²) in [6.45, 7) is 1.45. The van der Waals surface area contributed by atoms with Gasteiger partial charge in [-0.2, -0.15) is 0 Å². The fourth-order valence-electron chi connectivity index (χ4n) is 2.03. The minimum absolute atomic E-state index is 0.251. The first-order valence-corrected chi connectivity index (χ1v) is 6.40. The SMILES string of the molecule is CC(NC(=O)c1cccn1CC(=O)O)c1cccc(F)c1. The van der Waals surface area contributed by atoms with Crippen LogP contribution in [0.4, 0.5) is 4.39 Å². The number of aliphatic carboxylic acids is 1. The van der Waals surface area contributed by atoms with Gasteiger partial charge in [0.05, 0.1) is 6.04 Å². The van der Waals surface area contributed by atoms with Crippen molar-refractivity contribution in [2.75, 3.05) is 0 Å². The van der Waals surface area contributed by atoms with Gasteiger partial charge in [0.1, 0.15) is 18.1 Å². The summed E-state index contributed by atoms with van der Waals surface area (Å²) in [5.41, 5.74) is 0.889. The van der Waals surface area contributed by atoms with Crippen LogP contribution >= 0.6 is 0 Å². The Bertz CT molecular complexity index is 666. The molecule has 0 bridgehead atoms. The lowest BCUT2D eigenvalue weighted by atomic mass is 10.1. The van der Waals surface area contributed by atoms with Crippen molar-refractivity contribution in [3.8, 4) is 0 Å². The quantitative estimate of drug-likeness (QED) is 0.886. The highest BCUT2D eigenvalue weighted by Gasteiger charge is 2.16. The number of carbonyl (C=O) groups is 2. The summed E-state index contributed by atoms with van der Waals surface area (Å²) >= 11 is 0. The molecule has 5 nitrogen and oxygen atoms in total. The van der Waals surface area contributed by atoms with Crippen LogP contribution in [-0.2, 0) is 11.3 Å². The summed E-state index contributed by atoms with van der Waals surface area (Å²) in [6, 6.07) is 8.71. The average molecular weight is 290 g/mol. The molecule has 2 rings (SSSR count). The van der Waals surface area contributed by atoms with Crippen molar-refractivity contribution in [3.63, 3.8) is 0 Å². The predicted molar refractivity (Wildman–Crippen MR) is 74.3 cm³/mol. The van der Waals surface area contributed by atoms with Crippen LogP contribution in [-0.4, -0.2) is 21.6 Å². The van der Waals surface area contributed by atoms with Gasteiger partial charge in [0.2, 0.25) is 0 Å². The Morgan fingerprint density at radius 1 is 1.33 bits per heavy atom. The molecule has 1 unspecified atom stereocenters. The molecule has 1 aromatic heterocycles. The maximum Gasteiger partial charge on any atom is 0.323 e. The van der Waals surface area contributed by atoms with E-state index in [1.807, 2.05) is 0 Å². The zero-order valence-corrected chi connectivity index (χ0v) is 11.4. The molecule has 6 heteroatoms. The van der Waals surface area contributed by atoms with Crippen molar-refractivity contribution in [1.29, 1.82) is 0 Å². The third-order valence-corrected chi connectivity index (χ3v) is 3.06. The van der Waals surface area contributed by atoms with E-state index in [0.29, 0.717) is 5.56 Å². The molecule has 0 spiro atoms. The molecular weight excluding hydrogens is 275 g/mol. The molecule has 2 aromatic rings. The molecule has 0 aliphatic heterocycles. The maximum atomic E-state index is 13.2. The van der Waals surface area contributed by atoms with Crippen molar-refractivity contribution < 1.29 is 19.1 Å². The highest BCUT2D eigenvalue weighted by molar-refractivity contribution is 5.93. The van der Waals surface area contributed by atoms with Crippen LogP contribution < -0.4 is 5.32 Å². The Labute approximate surface area is 121 Å². The molecule has 1 heterocycles. The molecule has 1 amide bonds. The summed E-state index contributed by atoms with van der Waals surface area (Å²) in [5.74, 6) is -1.81. The Hall–Kier alpha value is -2.63. The number of nitrogens with zero attached hydrogens (tertiary/aromatic N) is 1. The molecule has 0 aliphatic carbocycles. The maximum absolute atomic E-state index is 13.2. The number of halogens is 1. The fourth-order valence-corrected chi connectivity index (χ4v) is 2.03. The lowest BCUT2D eigenvalue weighted by molar-refractivity contribution is -0.137. The predicted octanol–water partition coefficient (Wildman–Crippen LogP) is 2.20. The number of hydrogen-bond donors (Lipinski definition) is 2. The van der Waals surface area contributed by atoms with Gasteiger partial charge >= 0.3 is 5.97 Å². The Kier molecular flexibility index (Phi) is 4.37. The summed E-state index contributed by atoms with van der Waals surface area (Å²) in [5, 5.41) is 11.5. The van der Waals surface area contributed by atoms with E-state index in [4.69, 9.17) is 5.11 Å². The highest BCUT2D eigenvalue weighted by Crippen LogP contribution is 2.14. The summed E-state index contributed by atoms with van der Waals surface area (Å²) in [7, 11) is 0. The van der Waals surface area contributed by atoms with Crippen molar-refractivity contribution in [2.45, 2.75) is 19.5 Å². The molecule has 1 atom stereocenters. The monoisotopic (exact) mass is 290 g/mol. The molecule has 1 aromatic carbocycles. The number of amides is 1. The van der Waals surface area contributed by atoms with E-state index in [9.17, 15) is 14.0 Å². The van der Waals surface area contributed by atoms with Crippen LogP contribution in [0.5, 0.6) is 0 Å². The second-order valence-electron chi connectivity index (χ2n) is 4.67. The Morgan fingerprint density at radius 3 is 2.76 bits per heavy atom. The van der Waals surface area contributed by atoms with E-state index in [1.54, 1.807) is 25.1 Å². The van der Waals surface area contributed by atoms with Crippen LogP contribution in [0, 0.1) is 5.82 Å².